The Morgan fingerprint density at radius 1 is 1.35 bits per heavy atom. The van der Waals surface area contributed by atoms with Crippen LogP contribution in [0.5, 0.6) is 5.75 Å². The summed E-state index contributed by atoms with van der Waals surface area (Å²) in [5.41, 5.74) is 1.38. The van der Waals surface area contributed by atoms with Crippen LogP contribution in [0.25, 0.3) is 0 Å². The molecule has 0 radical (unpaired) electrons. The van der Waals surface area contributed by atoms with Gasteiger partial charge in [0.25, 0.3) is 0 Å². The number of urea groups is 1. The molecule has 0 aromatic heterocycles. The maximum absolute atomic E-state index is 13.6. The fourth-order valence-electron chi connectivity index (χ4n) is 2.73. The molecule has 1 N–H and O–H groups in total. The highest BCUT2D eigenvalue weighted by atomic mass is 19.1. The van der Waals surface area contributed by atoms with E-state index in [2.05, 4.69) is 16.9 Å². The Bertz CT molecular complexity index is 695. The standard InChI is InChI=1S/C19H25FN4O2/c1-15(20)18(7-8-21-2)23-9-11-24(12-10-23)19(25)22-14-16-5-4-6-17(13-16)26-3/h4-8,13H,1,9-12,14H2,2-3H3,(H,22,25)/b18-7+,21-8?. The van der Waals surface area contributed by atoms with Crippen molar-refractivity contribution in [3.63, 3.8) is 0 Å². The van der Waals surface area contributed by atoms with E-state index in [0.29, 0.717) is 38.4 Å². The summed E-state index contributed by atoms with van der Waals surface area (Å²) in [7, 11) is 3.23. The Morgan fingerprint density at radius 3 is 2.65 bits per heavy atom. The lowest BCUT2D eigenvalue weighted by Crippen LogP contribution is -2.51. The van der Waals surface area contributed by atoms with E-state index >= 15 is 0 Å². The van der Waals surface area contributed by atoms with E-state index < -0.39 is 5.83 Å². The normalized spacial score (nSPS) is 15.3. The molecule has 26 heavy (non-hydrogen) atoms. The average molecular weight is 360 g/mol. The van der Waals surface area contributed by atoms with Gasteiger partial charge in [0.2, 0.25) is 0 Å². The predicted octanol–water partition coefficient (Wildman–Crippen LogP) is 2.59. The molecule has 0 aliphatic carbocycles. The molecule has 1 aromatic rings. The number of hydrogen-bond donors (Lipinski definition) is 1. The summed E-state index contributed by atoms with van der Waals surface area (Å²) in [6.07, 6.45) is 3.13. The van der Waals surface area contributed by atoms with Gasteiger partial charge < -0.3 is 19.9 Å². The smallest absolute Gasteiger partial charge is 0.317 e. The van der Waals surface area contributed by atoms with Crippen molar-refractivity contribution >= 4 is 12.2 Å². The number of rotatable bonds is 6. The first-order valence-electron chi connectivity index (χ1n) is 8.43. The largest absolute Gasteiger partial charge is 0.497 e. The monoisotopic (exact) mass is 360 g/mol. The third-order valence-corrected chi connectivity index (χ3v) is 4.14. The number of methoxy groups -OCH3 is 1. The Hall–Kier alpha value is -2.83. The van der Waals surface area contributed by atoms with Gasteiger partial charge in [-0.25, -0.2) is 9.18 Å². The van der Waals surface area contributed by atoms with Gasteiger partial charge in [-0.3, -0.25) is 4.99 Å². The summed E-state index contributed by atoms with van der Waals surface area (Å²) < 4.78 is 18.8. The molecular formula is C19H25FN4O2. The summed E-state index contributed by atoms with van der Waals surface area (Å²) in [5.74, 6) is 0.257. The summed E-state index contributed by atoms with van der Waals surface area (Å²) in [6.45, 7) is 5.90. The van der Waals surface area contributed by atoms with Crippen molar-refractivity contribution < 1.29 is 13.9 Å². The number of aliphatic imine (C=N–C) groups is 1. The topological polar surface area (TPSA) is 57.2 Å². The SMILES string of the molecule is C=C(F)/C(=C\C=NC)N1CCN(C(=O)NCc2cccc(OC)c2)CC1. The lowest BCUT2D eigenvalue weighted by Gasteiger charge is -2.36. The Morgan fingerprint density at radius 2 is 2.04 bits per heavy atom. The van der Waals surface area contributed by atoms with Crippen molar-refractivity contribution in [2.75, 3.05) is 40.3 Å². The molecule has 0 unspecified atom stereocenters. The molecule has 7 heteroatoms. The highest BCUT2D eigenvalue weighted by molar-refractivity contribution is 5.74. The van der Waals surface area contributed by atoms with Crippen molar-refractivity contribution in [2.24, 2.45) is 4.99 Å². The van der Waals surface area contributed by atoms with Gasteiger partial charge in [0.1, 0.15) is 11.6 Å². The van der Waals surface area contributed by atoms with Gasteiger partial charge in [-0.05, 0) is 23.8 Å². The maximum Gasteiger partial charge on any atom is 0.317 e. The summed E-state index contributed by atoms with van der Waals surface area (Å²) in [4.78, 5) is 19.8. The van der Waals surface area contributed by atoms with Gasteiger partial charge in [0.15, 0.2) is 0 Å². The minimum Gasteiger partial charge on any atom is -0.497 e. The summed E-state index contributed by atoms with van der Waals surface area (Å²) in [5, 5.41) is 2.91. The van der Waals surface area contributed by atoms with Crippen molar-refractivity contribution in [1.82, 2.24) is 15.1 Å². The third kappa shape index (κ3) is 5.34. The fraction of sp³-hybridized carbons (Fsp3) is 0.368. The van der Waals surface area contributed by atoms with Crippen LogP contribution in [0.4, 0.5) is 9.18 Å². The van der Waals surface area contributed by atoms with Crippen LogP contribution in [0.3, 0.4) is 0 Å². The maximum atomic E-state index is 13.6. The number of halogens is 1. The molecule has 2 amide bonds. The van der Waals surface area contributed by atoms with Crippen LogP contribution in [-0.4, -0.2) is 62.4 Å². The Balaban J connectivity index is 1.86. The van der Waals surface area contributed by atoms with E-state index in [1.165, 1.54) is 6.21 Å². The van der Waals surface area contributed by atoms with E-state index in [9.17, 15) is 9.18 Å². The molecule has 1 fully saturated rings. The molecule has 1 aliphatic rings. The second-order valence-electron chi connectivity index (χ2n) is 5.85. The summed E-state index contributed by atoms with van der Waals surface area (Å²) >= 11 is 0. The second kappa shape index (κ2) is 9.60. The molecule has 1 saturated heterocycles. The summed E-state index contributed by atoms with van der Waals surface area (Å²) in [6, 6.07) is 7.43. The minimum absolute atomic E-state index is 0.132. The molecule has 1 aromatic carbocycles. The van der Waals surface area contributed by atoms with Crippen LogP contribution in [0.2, 0.25) is 0 Å². The van der Waals surface area contributed by atoms with E-state index in [4.69, 9.17) is 4.74 Å². The number of piperazine rings is 1. The Kier molecular flexibility index (Phi) is 7.20. The molecule has 1 heterocycles. The highest BCUT2D eigenvalue weighted by Gasteiger charge is 2.23. The van der Waals surface area contributed by atoms with Crippen LogP contribution in [-0.2, 0) is 6.54 Å². The first-order chi connectivity index (χ1) is 12.5. The number of allylic oxidation sites excluding steroid dienone is 2. The third-order valence-electron chi connectivity index (χ3n) is 4.14. The molecule has 140 valence electrons. The fourth-order valence-corrected chi connectivity index (χ4v) is 2.73. The van der Waals surface area contributed by atoms with Crippen molar-refractivity contribution in [2.45, 2.75) is 6.54 Å². The second-order valence-corrected chi connectivity index (χ2v) is 5.85. The van der Waals surface area contributed by atoms with Crippen molar-refractivity contribution in [3.8, 4) is 5.75 Å². The van der Waals surface area contributed by atoms with Crippen LogP contribution in [0, 0.1) is 0 Å². The van der Waals surface area contributed by atoms with E-state index in [0.717, 1.165) is 11.3 Å². The highest BCUT2D eigenvalue weighted by Crippen LogP contribution is 2.17. The van der Waals surface area contributed by atoms with Gasteiger partial charge in [-0.2, -0.15) is 0 Å². The predicted molar refractivity (Wildman–Crippen MR) is 101 cm³/mol. The first kappa shape index (κ1) is 19.5. The molecule has 1 aliphatic heterocycles. The Labute approximate surface area is 153 Å². The lowest BCUT2D eigenvalue weighted by atomic mass is 10.2. The lowest BCUT2D eigenvalue weighted by molar-refractivity contribution is 0.156. The number of ether oxygens (including phenoxy) is 1. The van der Waals surface area contributed by atoms with E-state index in [-0.39, 0.29) is 6.03 Å². The number of carbonyl (C=O) groups excluding carboxylic acids is 1. The molecule has 0 bridgehead atoms. The number of amides is 2. The molecule has 2 rings (SSSR count). The number of hydrogen-bond acceptors (Lipinski definition) is 4. The number of carbonyl (C=O) groups is 1. The number of benzene rings is 1. The molecule has 6 nitrogen and oxygen atoms in total. The molecule has 0 atom stereocenters. The van der Waals surface area contributed by atoms with Gasteiger partial charge in [-0.15, -0.1) is 0 Å². The molecular weight excluding hydrogens is 335 g/mol. The van der Waals surface area contributed by atoms with Crippen LogP contribution >= 0.6 is 0 Å². The van der Waals surface area contributed by atoms with Gasteiger partial charge in [0, 0.05) is 46.0 Å². The van der Waals surface area contributed by atoms with E-state index in [1.807, 2.05) is 29.2 Å². The van der Waals surface area contributed by atoms with Crippen LogP contribution in [0.1, 0.15) is 5.56 Å². The zero-order valence-electron chi connectivity index (χ0n) is 15.2. The first-order valence-corrected chi connectivity index (χ1v) is 8.43. The molecule has 0 spiro atoms. The van der Waals surface area contributed by atoms with E-state index in [1.54, 1.807) is 25.1 Å². The number of nitrogens with zero attached hydrogens (tertiary/aromatic N) is 3. The zero-order chi connectivity index (χ0) is 18.9. The van der Waals surface area contributed by atoms with Gasteiger partial charge in [-0.1, -0.05) is 18.7 Å². The van der Waals surface area contributed by atoms with Crippen molar-refractivity contribution in [3.05, 3.63) is 54.0 Å². The minimum atomic E-state index is -0.499. The van der Waals surface area contributed by atoms with Crippen LogP contribution < -0.4 is 10.1 Å². The average Bonchev–Trinajstić information content (AvgIpc) is 2.67. The van der Waals surface area contributed by atoms with Crippen LogP contribution in [0.15, 0.2) is 53.4 Å². The number of nitrogens with one attached hydrogen (secondary N) is 1. The molecule has 0 saturated carbocycles. The van der Waals surface area contributed by atoms with Gasteiger partial charge >= 0.3 is 6.03 Å². The quantitative estimate of drug-likeness (QED) is 0.627. The van der Waals surface area contributed by atoms with Crippen molar-refractivity contribution in [1.29, 1.82) is 0 Å². The zero-order valence-corrected chi connectivity index (χ0v) is 15.2. The van der Waals surface area contributed by atoms with Gasteiger partial charge in [0.05, 0.1) is 12.8 Å².